The van der Waals surface area contributed by atoms with Gasteiger partial charge in [-0.05, 0) is 69.7 Å². The predicted octanol–water partition coefficient (Wildman–Crippen LogP) is 6.06. The number of hydrogen-bond donors (Lipinski definition) is 0. The molecule has 1 heterocycles. The monoisotopic (exact) mass is 506 g/mol. The number of ether oxygens (including phenoxy) is 2. The number of alkyl halides is 3. The molecule has 1 fully saturated rings. The summed E-state index contributed by atoms with van der Waals surface area (Å²) in [5.41, 5.74) is -1.24. The predicted molar refractivity (Wildman–Crippen MR) is 126 cm³/mol. The normalized spacial score (nSPS) is 18.0. The van der Waals surface area contributed by atoms with Gasteiger partial charge < -0.3 is 14.4 Å². The van der Waals surface area contributed by atoms with E-state index in [2.05, 4.69) is 11.9 Å². The van der Waals surface area contributed by atoms with Crippen LogP contribution in [0.3, 0.4) is 0 Å². The van der Waals surface area contributed by atoms with Gasteiger partial charge >= 0.3 is 12.1 Å². The van der Waals surface area contributed by atoms with Crippen LogP contribution >= 0.6 is 0 Å². The maximum Gasteiger partial charge on any atom is 0.421 e. The molecule has 1 aromatic carbocycles. The molecule has 1 aliphatic carbocycles. The highest BCUT2D eigenvalue weighted by molar-refractivity contribution is 6.04. The quantitative estimate of drug-likeness (QED) is 0.335. The van der Waals surface area contributed by atoms with Gasteiger partial charge in [0.15, 0.2) is 6.29 Å². The van der Waals surface area contributed by atoms with Crippen molar-refractivity contribution in [2.75, 3.05) is 12.0 Å². The highest BCUT2D eigenvalue weighted by atomic mass is 19.4. The summed E-state index contributed by atoms with van der Waals surface area (Å²) in [6.07, 6.45) is -0.239. The van der Waals surface area contributed by atoms with Crippen LogP contribution in [0.15, 0.2) is 30.5 Å². The summed E-state index contributed by atoms with van der Waals surface area (Å²) >= 11 is 0. The van der Waals surface area contributed by atoms with Gasteiger partial charge in [0.2, 0.25) is 11.8 Å². The number of esters is 1. The number of carbonyl (C=O) groups is 3. The van der Waals surface area contributed by atoms with Gasteiger partial charge in [0.1, 0.15) is 11.3 Å². The van der Waals surface area contributed by atoms with Crippen LogP contribution in [-0.4, -0.2) is 36.3 Å². The molecular weight excluding hydrogens is 477 g/mol. The standard InChI is InChI=1S/C26H29F3N2O5/c1-15(2)31(24(33)18-7-5-16(3)6-8-18)22-10-9-19(12-20(22)25(34)35-4)36-23-21(26(27,28)29)11-17(14-32)13-30-23/h9-16,18H,5-8H2,1-4H3/t16-,18-. The Kier molecular flexibility index (Phi) is 8.37. The summed E-state index contributed by atoms with van der Waals surface area (Å²) < 4.78 is 50.9. The Labute approximate surface area is 207 Å². The number of aldehydes is 1. The SMILES string of the molecule is COC(=O)c1cc(Oc2ncc(C=O)cc2C(F)(F)F)ccc1N(C(=O)[C@H]1CC[C@H](C)CC1)C(C)C. The fourth-order valence-corrected chi connectivity index (χ4v) is 4.35. The topological polar surface area (TPSA) is 85.8 Å². The van der Waals surface area contributed by atoms with Crippen LogP contribution < -0.4 is 9.64 Å². The molecule has 0 saturated heterocycles. The molecule has 194 valence electrons. The third-order valence-electron chi connectivity index (χ3n) is 6.28. The van der Waals surface area contributed by atoms with E-state index >= 15 is 0 Å². The molecule has 0 spiro atoms. The molecule has 36 heavy (non-hydrogen) atoms. The number of benzene rings is 1. The van der Waals surface area contributed by atoms with E-state index in [-0.39, 0.29) is 46.7 Å². The Morgan fingerprint density at radius 3 is 2.36 bits per heavy atom. The lowest BCUT2D eigenvalue weighted by Crippen LogP contribution is -2.43. The highest BCUT2D eigenvalue weighted by Crippen LogP contribution is 2.39. The summed E-state index contributed by atoms with van der Waals surface area (Å²) in [4.78, 5) is 42.2. The zero-order valence-corrected chi connectivity index (χ0v) is 20.6. The van der Waals surface area contributed by atoms with Crippen molar-refractivity contribution in [2.24, 2.45) is 11.8 Å². The van der Waals surface area contributed by atoms with Crippen molar-refractivity contribution in [1.82, 2.24) is 4.98 Å². The third kappa shape index (κ3) is 6.03. The second-order valence-electron chi connectivity index (χ2n) is 9.27. The molecule has 0 N–H and O–H groups in total. The van der Waals surface area contributed by atoms with Crippen molar-refractivity contribution in [1.29, 1.82) is 0 Å². The van der Waals surface area contributed by atoms with Crippen molar-refractivity contribution < 1.29 is 37.0 Å². The van der Waals surface area contributed by atoms with Crippen LogP contribution in [0.5, 0.6) is 11.6 Å². The van der Waals surface area contributed by atoms with Crippen molar-refractivity contribution in [2.45, 2.75) is 58.7 Å². The summed E-state index contributed by atoms with van der Waals surface area (Å²) in [6.45, 7) is 5.80. The number of methoxy groups -OCH3 is 1. The average Bonchev–Trinajstić information content (AvgIpc) is 2.84. The van der Waals surface area contributed by atoms with Gasteiger partial charge in [0, 0.05) is 23.7 Å². The van der Waals surface area contributed by atoms with Crippen LogP contribution in [0.2, 0.25) is 0 Å². The van der Waals surface area contributed by atoms with Gasteiger partial charge in [-0.15, -0.1) is 0 Å². The Bertz CT molecular complexity index is 1130. The average molecular weight is 507 g/mol. The zero-order chi connectivity index (χ0) is 26.6. The molecule has 1 amide bonds. The number of rotatable bonds is 7. The van der Waals surface area contributed by atoms with E-state index in [0.29, 0.717) is 12.0 Å². The second kappa shape index (κ2) is 11.1. The summed E-state index contributed by atoms with van der Waals surface area (Å²) in [5, 5.41) is 0. The van der Waals surface area contributed by atoms with Crippen LogP contribution in [0.4, 0.5) is 18.9 Å². The highest BCUT2D eigenvalue weighted by Gasteiger charge is 2.36. The first kappa shape index (κ1) is 27.2. The maximum atomic E-state index is 13.5. The Hall–Kier alpha value is -3.43. The van der Waals surface area contributed by atoms with E-state index in [4.69, 9.17) is 9.47 Å². The first-order chi connectivity index (χ1) is 17.0. The minimum absolute atomic E-state index is 0.0284. The van der Waals surface area contributed by atoms with Gasteiger partial charge in [0.05, 0.1) is 18.4 Å². The first-order valence-electron chi connectivity index (χ1n) is 11.7. The largest absolute Gasteiger partial charge is 0.465 e. The Morgan fingerprint density at radius 1 is 1.14 bits per heavy atom. The minimum atomic E-state index is -4.83. The molecule has 0 unspecified atom stereocenters. The Morgan fingerprint density at radius 2 is 1.81 bits per heavy atom. The van der Waals surface area contributed by atoms with Crippen LogP contribution in [0.1, 0.15) is 72.7 Å². The Balaban J connectivity index is 2.01. The number of carbonyl (C=O) groups excluding carboxylic acids is 3. The molecule has 1 saturated carbocycles. The fraction of sp³-hybridized carbons (Fsp3) is 0.462. The summed E-state index contributed by atoms with van der Waals surface area (Å²) in [5.74, 6) is -1.39. The van der Waals surface area contributed by atoms with Gasteiger partial charge in [0.25, 0.3) is 0 Å². The maximum absolute atomic E-state index is 13.5. The van der Waals surface area contributed by atoms with Crippen molar-refractivity contribution in [3.63, 3.8) is 0 Å². The van der Waals surface area contributed by atoms with E-state index in [0.717, 1.165) is 31.9 Å². The third-order valence-corrected chi connectivity index (χ3v) is 6.28. The molecular formula is C26H29F3N2O5. The van der Waals surface area contributed by atoms with E-state index < -0.39 is 23.6 Å². The zero-order valence-electron chi connectivity index (χ0n) is 20.6. The number of hydrogen-bond acceptors (Lipinski definition) is 6. The van der Waals surface area contributed by atoms with Crippen LogP contribution in [0, 0.1) is 11.8 Å². The smallest absolute Gasteiger partial charge is 0.421 e. The van der Waals surface area contributed by atoms with Gasteiger partial charge in [-0.3, -0.25) is 9.59 Å². The molecule has 0 radical (unpaired) electrons. The van der Waals surface area contributed by atoms with Crippen molar-refractivity contribution >= 4 is 23.9 Å². The molecule has 0 bridgehead atoms. The lowest BCUT2D eigenvalue weighted by molar-refractivity contribution is -0.138. The van der Waals surface area contributed by atoms with Crippen molar-refractivity contribution in [3.8, 4) is 11.6 Å². The lowest BCUT2D eigenvalue weighted by atomic mass is 9.82. The number of pyridine rings is 1. The van der Waals surface area contributed by atoms with E-state index in [9.17, 15) is 27.6 Å². The van der Waals surface area contributed by atoms with Gasteiger partial charge in [-0.2, -0.15) is 13.2 Å². The number of amides is 1. The molecule has 1 aromatic heterocycles. The lowest BCUT2D eigenvalue weighted by Gasteiger charge is -2.34. The molecule has 3 rings (SSSR count). The van der Waals surface area contributed by atoms with Gasteiger partial charge in [-0.1, -0.05) is 6.92 Å². The molecule has 0 aliphatic heterocycles. The van der Waals surface area contributed by atoms with Gasteiger partial charge in [-0.25, -0.2) is 9.78 Å². The second-order valence-corrected chi connectivity index (χ2v) is 9.27. The number of nitrogens with zero attached hydrogens (tertiary/aromatic N) is 2. The van der Waals surface area contributed by atoms with E-state index in [1.807, 2.05) is 13.8 Å². The molecule has 2 aromatic rings. The number of halogens is 3. The van der Waals surface area contributed by atoms with Crippen LogP contribution in [-0.2, 0) is 15.7 Å². The first-order valence-corrected chi connectivity index (χ1v) is 11.7. The molecule has 10 heteroatoms. The van der Waals surface area contributed by atoms with Crippen LogP contribution in [0.25, 0.3) is 0 Å². The summed E-state index contributed by atoms with van der Waals surface area (Å²) in [6, 6.07) is 4.39. The van der Waals surface area contributed by atoms with E-state index in [1.165, 1.54) is 30.2 Å². The number of aromatic nitrogens is 1. The molecule has 7 nitrogen and oxygen atoms in total. The minimum Gasteiger partial charge on any atom is -0.465 e. The van der Waals surface area contributed by atoms with E-state index in [1.54, 1.807) is 0 Å². The molecule has 0 atom stereocenters. The summed E-state index contributed by atoms with van der Waals surface area (Å²) in [7, 11) is 1.17. The molecule has 1 aliphatic rings. The fourth-order valence-electron chi connectivity index (χ4n) is 4.35. The number of anilines is 1. The van der Waals surface area contributed by atoms with Crippen molar-refractivity contribution in [3.05, 3.63) is 47.2 Å².